The second-order valence-corrected chi connectivity index (χ2v) is 4.95. The van der Waals surface area contributed by atoms with E-state index in [1.165, 1.54) is 11.4 Å². The van der Waals surface area contributed by atoms with Crippen LogP contribution in [0.4, 0.5) is 0 Å². The molecule has 0 amide bonds. The van der Waals surface area contributed by atoms with Gasteiger partial charge in [-0.3, -0.25) is 0 Å². The maximum Gasteiger partial charge on any atom is 0.136 e. The van der Waals surface area contributed by atoms with E-state index in [1.807, 2.05) is 48.8 Å². The molecule has 0 N–H and O–H groups in total. The zero-order chi connectivity index (χ0) is 13.5. The van der Waals surface area contributed by atoms with Crippen LogP contribution in [0.2, 0.25) is 0 Å². The van der Waals surface area contributed by atoms with Crippen LogP contribution >= 0.6 is 0 Å². The standard InChI is InChI=1S/C16H14N4/c1-12(13-10-17-15-6-2-4-8-19(13)15)14-11-18-16-7-3-5-9-20(14)16/h2-12H,1H3. The lowest BCUT2D eigenvalue weighted by Crippen LogP contribution is -2.03. The molecule has 4 aromatic rings. The van der Waals surface area contributed by atoms with Gasteiger partial charge in [-0.05, 0) is 24.3 Å². The third-order valence-corrected chi connectivity index (χ3v) is 3.78. The van der Waals surface area contributed by atoms with Gasteiger partial charge in [0, 0.05) is 30.7 Å². The smallest absolute Gasteiger partial charge is 0.136 e. The molecule has 0 atom stereocenters. The van der Waals surface area contributed by atoms with E-state index in [9.17, 15) is 0 Å². The predicted molar refractivity (Wildman–Crippen MR) is 77.9 cm³/mol. The fourth-order valence-electron chi connectivity index (χ4n) is 2.70. The summed E-state index contributed by atoms with van der Waals surface area (Å²) in [6.07, 6.45) is 8.00. The molecule has 4 nitrogen and oxygen atoms in total. The summed E-state index contributed by atoms with van der Waals surface area (Å²) in [7, 11) is 0. The number of imidazole rings is 2. The van der Waals surface area contributed by atoms with Crippen LogP contribution in [0.3, 0.4) is 0 Å². The second kappa shape index (κ2) is 4.20. The molecule has 0 aromatic carbocycles. The normalized spacial score (nSPS) is 11.7. The van der Waals surface area contributed by atoms with Crippen LogP contribution in [-0.2, 0) is 0 Å². The monoisotopic (exact) mass is 262 g/mol. The van der Waals surface area contributed by atoms with Crippen molar-refractivity contribution in [1.29, 1.82) is 0 Å². The van der Waals surface area contributed by atoms with Crippen LogP contribution in [0.25, 0.3) is 11.3 Å². The summed E-state index contributed by atoms with van der Waals surface area (Å²) in [5.74, 6) is 0.227. The van der Waals surface area contributed by atoms with Gasteiger partial charge >= 0.3 is 0 Å². The molecule has 0 fully saturated rings. The highest BCUT2D eigenvalue weighted by Crippen LogP contribution is 2.25. The molecule has 0 unspecified atom stereocenters. The first-order chi connectivity index (χ1) is 9.84. The molecule has 0 radical (unpaired) electrons. The quantitative estimate of drug-likeness (QED) is 0.556. The zero-order valence-electron chi connectivity index (χ0n) is 11.1. The third-order valence-electron chi connectivity index (χ3n) is 3.78. The van der Waals surface area contributed by atoms with Gasteiger partial charge in [0.2, 0.25) is 0 Å². The molecule has 0 saturated carbocycles. The Bertz CT molecular complexity index is 813. The van der Waals surface area contributed by atoms with Crippen molar-refractivity contribution in [2.45, 2.75) is 12.8 Å². The van der Waals surface area contributed by atoms with Gasteiger partial charge in [-0.2, -0.15) is 0 Å². The van der Waals surface area contributed by atoms with Crippen LogP contribution < -0.4 is 0 Å². The fourth-order valence-corrected chi connectivity index (χ4v) is 2.70. The van der Waals surface area contributed by atoms with Crippen molar-refractivity contribution in [2.75, 3.05) is 0 Å². The lowest BCUT2D eigenvalue weighted by atomic mass is 10.1. The number of aromatic nitrogens is 4. The molecular formula is C16H14N4. The van der Waals surface area contributed by atoms with Crippen LogP contribution in [-0.4, -0.2) is 18.8 Å². The lowest BCUT2D eigenvalue weighted by molar-refractivity contribution is 0.807. The SMILES string of the molecule is CC(c1cnc2ccccn12)c1cnc2ccccn12. The molecule has 4 aromatic heterocycles. The summed E-state index contributed by atoms with van der Waals surface area (Å²) in [5.41, 5.74) is 4.30. The van der Waals surface area contributed by atoms with E-state index in [-0.39, 0.29) is 5.92 Å². The maximum atomic E-state index is 4.46. The lowest BCUT2D eigenvalue weighted by Gasteiger charge is -2.11. The van der Waals surface area contributed by atoms with E-state index in [0.29, 0.717) is 0 Å². The fraction of sp³-hybridized carbons (Fsp3) is 0.125. The van der Waals surface area contributed by atoms with Crippen molar-refractivity contribution >= 4 is 11.3 Å². The van der Waals surface area contributed by atoms with Gasteiger partial charge in [0.05, 0.1) is 11.4 Å². The van der Waals surface area contributed by atoms with Gasteiger partial charge in [-0.1, -0.05) is 19.1 Å². The minimum absolute atomic E-state index is 0.227. The first-order valence-corrected chi connectivity index (χ1v) is 6.68. The third kappa shape index (κ3) is 1.54. The van der Waals surface area contributed by atoms with Crippen LogP contribution in [0.5, 0.6) is 0 Å². The van der Waals surface area contributed by atoms with E-state index >= 15 is 0 Å². The van der Waals surface area contributed by atoms with E-state index in [2.05, 4.69) is 38.1 Å². The Hall–Kier alpha value is -2.62. The number of fused-ring (bicyclic) bond motifs is 2. The Labute approximate surface area is 116 Å². The van der Waals surface area contributed by atoms with E-state index in [0.717, 1.165) is 11.3 Å². The average Bonchev–Trinajstić information content (AvgIpc) is 3.11. The van der Waals surface area contributed by atoms with Crippen molar-refractivity contribution in [2.24, 2.45) is 0 Å². The van der Waals surface area contributed by atoms with Crippen LogP contribution in [0, 0.1) is 0 Å². The van der Waals surface area contributed by atoms with Gasteiger partial charge in [0.1, 0.15) is 11.3 Å². The number of rotatable bonds is 2. The molecule has 0 spiro atoms. The van der Waals surface area contributed by atoms with Gasteiger partial charge in [-0.25, -0.2) is 9.97 Å². The molecule has 0 saturated heterocycles. The van der Waals surface area contributed by atoms with Crippen LogP contribution in [0.1, 0.15) is 24.2 Å². The highest BCUT2D eigenvalue weighted by Gasteiger charge is 2.16. The molecule has 4 heteroatoms. The summed E-state index contributed by atoms with van der Waals surface area (Å²) in [4.78, 5) is 8.93. The molecule has 0 aliphatic carbocycles. The van der Waals surface area contributed by atoms with Gasteiger partial charge in [0.15, 0.2) is 0 Å². The van der Waals surface area contributed by atoms with Crippen molar-refractivity contribution < 1.29 is 0 Å². The summed E-state index contributed by atoms with van der Waals surface area (Å²) >= 11 is 0. The molecule has 4 heterocycles. The highest BCUT2D eigenvalue weighted by molar-refractivity contribution is 5.45. The summed E-state index contributed by atoms with van der Waals surface area (Å²) in [6, 6.07) is 12.1. The molecule has 0 bridgehead atoms. The van der Waals surface area contributed by atoms with E-state index in [4.69, 9.17) is 0 Å². The van der Waals surface area contributed by atoms with Gasteiger partial charge in [-0.15, -0.1) is 0 Å². The Balaban J connectivity index is 1.90. The number of hydrogen-bond acceptors (Lipinski definition) is 2. The average molecular weight is 262 g/mol. The van der Waals surface area contributed by atoms with Crippen molar-refractivity contribution in [3.05, 3.63) is 72.6 Å². The van der Waals surface area contributed by atoms with Crippen molar-refractivity contribution in [3.8, 4) is 0 Å². The minimum atomic E-state index is 0.227. The molecule has 4 rings (SSSR count). The Morgan fingerprint density at radius 2 is 1.30 bits per heavy atom. The molecular weight excluding hydrogens is 248 g/mol. The number of nitrogens with zero attached hydrogens (tertiary/aromatic N) is 4. The van der Waals surface area contributed by atoms with Crippen molar-refractivity contribution in [3.63, 3.8) is 0 Å². The second-order valence-electron chi connectivity index (χ2n) is 4.95. The largest absolute Gasteiger partial charge is 0.303 e. The topological polar surface area (TPSA) is 34.6 Å². The number of hydrogen-bond donors (Lipinski definition) is 0. The zero-order valence-corrected chi connectivity index (χ0v) is 11.1. The van der Waals surface area contributed by atoms with Crippen molar-refractivity contribution in [1.82, 2.24) is 18.8 Å². The number of pyridine rings is 2. The summed E-state index contributed by atoms with van der Waals surface area (Å²) in [6.45, 7) is 2.19. The Morgan fingerprint density at radius 3 is 1.80 bits per heavy atom. The molecule has 0 aliphatic rings. The summed E-state index contributed by atoms with van der Waals surface area (Å²) < 4.78 is 4.26. The Morgan fingerprint density at radius 1 is 0.800 bits per heavy atom. The predicted octanol–water partition coefficient (Wildman–Crippen LogP) is 3.13. The molecule has 20 heavy (non-hydrogen) atoms. The molecule has 0 aliphatic heterocycles. The van der Waals surface area contributed by atoms with E-state index in [1.54, 1.807) is 0 Å². The Kier molecular flexibility index (Phi) is 2.36. The summed E-state index contributed by atoms with van der Waals surface area (Å²) in [5, 5.41) is 0. The van der Waals surface area contributed by atoms with Gasteiger partial charge in [0.25, 0.3) is 0 Å². The highest BCUT2D eigenvalue weighted by atomic mass is 15.0. The van der Waals surface area contributed by atoms with Crippen LogP contribution in [0.15, 0.2) is 61.2 Å². The first-order valence-electron chi connectivity index (χ1n) is 6.68. The first kappa shape index (κ1) is 11.2. The van der Waals surface area contributed by atoms with E-state index < -0.39 is 0 Å². The maximum absolute atomic E-state index is 4.46. The molecule has 98 valence electrons. The van der Waals surface area contributed by atoms with Gasteiger partial charge < -0.3 is 8.80 Å². The minimum Gasteiger partial charge on any atom is -0.303 e.